The second-order valence-corrected chi connectivity index (χ2v) is 6.25. The molecular formula is C21H18N4O. The number of imidazole rings is 1. The van der Waals surface area contributed by atoms with Crippen LogP contribution < -0.4 is 5.43 Å². The average Bonchev–Trinajstić information content (AvgIpc) is 2.96. The Hall–Kier alpha value is -3.47. The maximum absolute atomic E-state index is 12.6. The quantitative estimate of drug-likeness (QED) is 0.454. The van der Waals surface area contributed by atoms with Crippen molar-refractivity contribution in [2.24, 2.45) is 5.10 Å². The van der Waals surface area contributed by atoms with Gasteiger partial charge in [0.2, 0.25) is 0 Å². The number of pyridine rings is 1. The van der Waals surface area contributed by atoms with E-state index in [-0.39, 0.29) is 5.91 Å². The molecule has 0 saturated carbocycles. The molecule has 2 heterocycles. The van der Waals surface area contributed by atoms with Crippen LogP contribution in [0.2, 0.25) is 0 Å². The van der Waals surface area contributed by atoms with Gasteiger partial charge in [-0.15, -0.1) is 0 Å². The van der Waals surface area contributed by atoms with Gasteiger partial charge in [0.25, 0.3) is 5.91 Å². The van der Waals surface area contributed by atoms with Gasteiger partial charge in [-0.1, -0.05) is 42.5 Å². The van der Waals surface area contributed by atoms with Gasteiger partial charge in [-0.3, -0.25) is 9.20 Å². The topological polar surface area (TPSA) is 58.8 Å². The summed E-state index contributed by atoms with van der Waals surface area (Å²) < 4.78 is 1.78. The number of carbonyl (C=O) groups is 1. The molecule has 4 aromatic rings. The Morgan fingerprint density at radius 3 is 2.81 bits per heavy atom. The predicted molar refractivity (Wildman–Crippen MR) is 104 cm³/mol. The minimum Gasteiger partial charge on any atom is -0.295 e. The summed E-state index contributed by atoms with van der Waals surface area (Å²) in [5.74, 6) is -0.282. The van der Waals surface area contributed by atoms with Gasteiger partial charge in [0, 0.05) is 11.8 Å². The van der Waals surface area contributed by atoms with Crippen molar-refractivity contribution in [2.45, 2.75) is 13.8 Å². The number of aryl methyl sites for hydroxylation is 2. The smallest absolute Gasteiger partial charge is 0.290 e. The first-order valence-electron chi connectivity index (χ1n) is 8.40. The van der Waals surface area contributed by atoms with Crippen LogP contribution in [0.4, 0.5) is 0 Å². The fourth-order valence-corrected chi connectivity index (χ4v) is 3.11. The molecule has 0 bridgehead atoms. The summed E-state index contributed by atoms with van der Waals surface area (Å²) in [5, 5.41) is 6.37. The monoisotopic (exact) mass is 342 g/mol. The molecule has 2 aromatic heterocycles. The van der Waals surface area contributed by atoms with Crippen molar-refractivity contribution in [2.75, 3.05) is 0 Å². The number of benzene rings is 2. The number of hydrogen-bond donors (Lipinski definition) is 1. The van der Waals surface area contributed by atoms with Crippen LogP contribution in [0, 0.1) is 13.8 Å². The molecule has 26 heavy (non-hydrogen) atoms. The van der Waals surface area contributed by atoms with E-state index in [0.717, 1.165) is 27.5 Å². The molecule has 2 aromatic carbocycles. The number of fused-ring (bicyclic) bond motifs is 2. The van der Waals surface area contributed by atoms with E-state index < -0.39 is 0 Å². The fraction of sp³-hybridized carbons (Fsp3) is 0.0952. The van der Waals surface area contributed by atoms with Crippen LogP contribution in [0.15, 0.2) is 65.9 Å². The summed E-state index contributed by atoms with van der Waals surface area (Å²) in [4.78, 5) is 17.0. The summed E-state index contributed by atoms with van der Waals surface area (Å²) >= 11 is 0. The van der Waals surface area contributed by atoms with Crippen molar-refractivity contribution >= 4 is 28.5 Å². The summed E-state index contributed by atoms with van der Waals surface area (Å²) in [5.41, 5.74) is 6.59. The lowest BCUT2D eigenvalue weighted by Gasteiger charge is -2.03. The van der Waals surface area contributed by atoms with Gasteiger partial charge in [-0.2, -0.15) is 5.10 Å². The number of amides is 1. The van der Waals surface area contributed by atoms with E-state index >= 15 is 0 Å². The Kier molecular flexibility index (Phi) is 3.97. The van der Waals surface area contributed by atoms with E-state index in [1.165, 1.54) is 0 Å². The van der Waals surface area contributed by atoms with Crippen molar-refractivity contribution in [3.05, 3.63) is 83.3 Å². The molecule has 0 radical (unpaired) electrons. The number of rotatable bonds is 3. The van der Waals surface area contributed by atoms with Gasteiger partial charge in [0.1, 0.15) is 11.3 Å². The maximum Gasteiger partial charge on any atom is 0.290 e. The van der Waals surface area contributed by atoms with E-state index in [9.17, 15) is 4.79 Å². The lowest BCUT2D eigenvalue weighted by atomic mass is 10.1. The Morgan fingerprint density at radius 1 is 1.12 bits per heavy atom. The Bertz CT molecular complexity index is 1150. The number of hydrogen-bond acceptors (Lipinski definition) is 3. The van der Waals surface area contributed by atoms with E-state index in [1.807, 2.05) is 62.5 Å². The zero-order valence-corrected chi connectivity index (χ0v) is 14.6. The summed E-state index contributed by atoms with van der Waals surface area (Å²) in [6.07, 6.45) is 3.52. The average molecular weight is 342 g/mol. The molecule has 0 aliphatic carbocycles. The number of nitrogens with one attached hydrogen (secondary N) is 1. The molecule has 0 aliphatic heterocycles. The molecule has 0 saturated heterocycles. The fourth-order valence-electron chi connectivity index (χ4n) is 3.11. The lowest BCUT2D eigenvalue weighted by Crippen LogP contribution is -2.20. The van der Waals surface area contributed by atoms with Crippen LogP contribution in [-0.2, 0) is 0 Å². The SMILES string of the molecule is Cc1ccn2c(C(=O)N/N=C/c3cccc4ccccc34)c(C)nc2c1. The van der Waals surface area contributed by atoms with Gasteiger partial charge in [-0.25, -0.2) is 10.4 Å². The zero-order chi connectivity index (χ0) is 18.1. The molecule has 4 rings (SSSR count). The van der Waals surface area contributed by atoms with Crippen molar-refractivity contribution in [3.8, 4) is 0 Å². The summed E-state index contributed by atoms with van der Waals surface area (Å²) in [7, 11) is 0. The third-order valence-electron chi connectivity index (χ3n) is 4.36. The Labute approximate surface area is 151 Å². The minimum absolute atomic E-state index is 0.282. The third kappa shape index (κ3) is 2.84. The van der Waals surface area contributed by atoms with E-state index in [0.29, 0.717) is 11.4 Å². The second kappa shape index (κ2) is 6.44. The Morgan fingerprint density at radius 2 is 1.92 bits per heavy atom. The first-order valence-corrected chi connectivity index (χ1v) is 8.40. The highest BCUT2D eigenvalue weighted by Crippen LogP contribution is 2.17. The molecule has 0 unspecified atom stereocenters. The van der Waals surface area contributed by atoms with Crippen molar-refractivity contribution in [1.29, 1.82) is 0 Å². The van der Waals surface area contributed by atoms with Crippen LogP contribution in [0.25, 0.3) is 16.4 Å². The number of hydrazone groups is 1. The predicted octanol–water partition coefficient (Wildman–Crippen LogP) is 3.87. The maximum atomic E-state index is 12.6. The molecule has 0 atom stereocenters. The first kappa shape index (κ1) is 16.0. The molecule has 0 spiro atoms. The van der Waals surface area contributed by atoms with Crippen LogP contribution in [0.5, 0.6) is 0 Å². The van der Waals surface area contributed by atoms with Crippen LogP contribution in [-0.4, -0.2) is 21.5 Å². The van der Waals surface area contributed by atoms with Crippen LogP contribution in [0.1, 0.15) is 27.3 Å². The zero-order valence-electron chi connectivity index (χ0n) is 14.6. The van der Waals surface area contributed by atoms with Gasteiger partial charge in [0.05, 0.1) is 11.9 Å². The van der Waals surface area contributed by atoms with Crippen LogP contribution in [0.3, 0.4) is 0 Å². The normalized spacial score (nSPS) is 11.5. The van der Waals surface area contributed by atoms with Gasteiger partial charge >= 0.3 is 0 Å². The highest BCUT2D eigenvalue weighted by Gasteiger charge is 2.16. The van der Waals surface area contributed by atoms with E-state index in [4.69, 9.17) is 0 Å². The molecule has 1 N–H and O–H groups in total. The molecule has 5 heteroatoms. The van der Waals surface area contributed by atoms with E-state index in [2.05, 4.69) is 27.6 Å². The van der Waals surface area contributed by atoms with Crippen molar-refractivity contribution in [1.82, 2.24) is 14.8 Å². The van der Waals surface area contributed by atoms with Gasteiger partial charge in [0.15, 0.2) is 0 Å². The number of nitrogens with zero attached hydrogens (tertiary/aromatic N) is 3. The number of aromatic nitrogens is 2. The van der Waals surface area contributed by atoms with Gasteiger partial charge in [-0.05, 0) is 42.3 Å². The highest BCUT2D eigenvalue weighted by molar-refractivity contribution is 6.00. The summed E-state index contributed by atoms with van der Waals surface area (Å²) in [6, 6.07) is 18.0. The standard InChI is InChI=1S/C21H18N4O/c1-14-10-11-25-19(12-14)23-15(2)20(25)21(26)24-22-13-17-8-5-7-16-6-3-4-9-18(16)17/h3-13H,1-2H3,(H,24,26)/b22-13+. The third-order valence-corrected chi connectivity index (χ3v) is 4.36. The first-order chi connectivity index (χ1) is 12.6. The van der Waals surface area contributed by atoms with Gasteiger partial charge < -0.3 is 0 Å². The van der Waals surface area contributed by atoms with Crippen molar-refractivity contribution < 1.29 is 4.79 Å². The highest BCUT2D eigenvalue weighted by atomic mass is 16.2. The summed E-state index contributed by atoms with van der Waals surface area (Å²) in [6.45, 7) is 3.82. The molecule has 0 aliphatic rings. The van der Waals surface area contributed by atoms with E-state index in [1.54, 1.807) is 10.6 Å². The molecular weight excluding hydrogens is 324 g/mol. The lowest BCUT2D eigenvalue weighted by molar-refractivity contribution is 0.0948. The largest absolute Gasteiger partial charge is 0.295 e. The van der Waals surface area contributed by atoms with Crippen molar-refractivity contribution in [3.63, 3.8) is 0 Å². The molecule has 1 amide bonds. The van der Waals surface area contributed by atoms with Crippen LogP contribution >= 0.6 is 0 Å². The molecule has 0 fully saturated rings. The Balaban J connectivity index is 1.61. The number of carbonyl (C=O) groups excluding carboxylic acids is 1. The molecule has 5 nitrogen and oxygen atoms in total. The minimum atomic E-state index is -0.282. The second-order valence-electron chi connectivity index (χ2n) is 6.25. The molecule has 128 valence electrons.